The lowest BCUT2D eigenvalue weighted by molar-refractivity contribution is -0.0947. The summed E-state index contributed by atoms with van der Waals surface area (Å²) < 4.78 is 17.0. The van der Waals surface area contributed by atoms with Gasteiger partial charge in [-0.05, 0) is 60.4 Å². The smallest absolute Gasteiger partial charge is 0.120 e. The van der Waals surface area contributed by atoms with E-state index in [-0.39, 0.29) is 12.2 Å². The normalized spacial score (nSPS) is 21.0. The minimum atomic E-state index is -0.526. The molecule has 0 amide bonds. The number of fused-ring (bicyclic) bond motifs is 1. The summed E-state index contributed by atoms with van der Waals surface area (Å²) in [5.74, 6) is 0.789. The van der Waals surface area contributed by atoms with Crippen LogP contribution in [0.2, 0.25) is 0 Å². The molecule has 1 atom stereocenters. The van der Waals surface area contributed by atoms with Crippen molar-refractivity contribution < 1.29 is 19.3 Å². The van der Waals surface area contributed by atoms with Crippen molar-refractivity contribution in [1.82, 2.24) is 4.90 Å². The van der Waals surface area contributed by atoms with Gasteiger partial charge >= 0.3 is 0 Å². The zero-order valence-corrected chi connectivity index (χ0v) is 17.4. The second kappa shape index (κ2) is 8.84. The number of β-amino-alcohol motifs (C(OH)–C–C–N with tert-alkyl or cyclic N) is 1. The van der Waals surface area contributed by atoms with Gasteiger partial charge in [0.2, 0.25) is 0 Å². The van der Waals surface area contributed by atoms with Gasteiger partial charge < -0.3 is 19.3 Å². The third-order valence-electron chi connectivity index (χ3n) is 5.56. The molecule has 5 heteroatoms. The van der Waals surface area contributed by atoms with Crippen molar-refractivity contribution in [1.29, 1.82) is 0 Å². The highest BCUT2D eigenvalue weighted by molar-refractivity contribution is 5.87. The Kier molecular flexibility index (Phi) is 6.20. The fourth-order valence-electron chi connectivity index (χ4n) is 4.12. The van der Waals surface area contributed by atoms with Crippen molar-refractivity contribution in [3.63, 3.8) is 0 Å². The second-order valence-corrected chi connectivity index (χ2v) is 8.59. The zero-order valence-electron chi connectivity index (χ0n) is 17.4. The first-order chi connectivity index (χ1) is 14.0. The Morgan fingerprint density at radius 2 is 1.97 bits per heavy atom. The number of aliphatic hydroxyl groups is 1. The molecule has 4 rings (SSSR count). The van der Waals surface area contributed by atoms with Gasteiger partial charge in [-0.3, -0.25) is 4.90 Å². The number of morpholine rings is 1. The van der Waals surface area contributed by atoms with Crippen LogP contribution < -0.4 is 4.74 Å². The Bertz CT molecular complexity index is 876. The van der Waals surface area contributed by atoms with E-state index in [9.17, 15) is 5.11 Å². The van der Waals surface area contributed by atoms with E-state index in [0.717, 1.165) is 37.3 Å². The molecule has 156 valence electrons. The van der Waals surface area contributed by atoms with Crippen molar-refractivity contribution in [3.05, 3.63) is 48.0 Å². The average molecular weight is 398 g/mol. The van der Waals surface area contributed by atoms with Gasteiger partial charge in [0.15, 0.2) is 0 Å². The van der Waals surface area contributed by atoms with Crippen molar-refractivity contribution in [2.45, 2.75) is 32.0 Å². The molecule has 1 N–H and O–H groups in total. The predicted molar refractivity (Wildman–Crippen MR) is 115 cm³/mol. The Hall–Kier alpha value is -1.92. The number of nitrogens with zero attached hydrogens (tertiary/aromatic N) is 1. The molecule has 1 fully saturated rings. The lowest BCUT2D eigenvalue weighted by Crippen LogP contribution is -2.50. The molecule has 29 heavy (non-hydrogen) atoms. The number of hydrogen-bond donors (Lipinski definition) is 1. The fraction of sp³-hybridized carbons (Fsp3) is 0.500. The highest BCUT2D eigenvalue weighted by atomic mass is 16.5. The van der Waals surface area contributed by atoms with Crippen LogP contribution in [0.25, 0.3) is 16.3 Å². The molecule has 2 aromatic rings. The topological polar surface area (TPSA) is 51.2 Å². The van der Waals surface area contributed by atoms with Crippen molar-refractivity contribution in [2.24, 2.45) is 0 Å². The minimum absolute atomic E-state index is 0.156. The molecule has 1 unspecified atom stereocenters. The summed E-state index contributed by atoms with van der Waals surface area (Å²) in [5, 5.41) is 12.7. The van der Waals surface area contributed by atoms with Crippen LogP contribution in [0.15, 0.2) is 42.5 Å². The van der Waals surface area contributed by atoms with E-state index in [4.69, 9.17) is 14.2 Å². The molecule has 0 bridgehead atoms. The van der Waals surface area contributed by atoms with Gasteiger partial charge in [-0.2, -0.15) is 0 Å². The summed E-state index contributed by atoms with van der Waals surface area (Å²) in [4.78, 5) is 2.24. The Morgan fingerprint density at radius 1 is 1.14 bits per heavy atom. The van der Waals surface area contributed by atoms with Crippen LogP contribution in [0.5, 0.6) is 5.75 Å². The summed E-state index contributed by atoms with van der Waals surface area (Å²) in [6.07, 6.45) is 2.60. The first kappa shape index (κ1) is 20.4. The highest BCUT2D eigenvalue weighted by Crippen LogP contribution is 2.27. The largest absolute Gasteiger partial charge is 0.491 e. The Labute approximate surface area is 172 Å². The van der Waals surface area contributed by atoms with E-state index < -0.39 is 6.10 Å². The molecule has 2 aromatic carbocycles. The number of benzene rings is 2. The number of ether oxygens (including phenoxy) is 3. The molecule has 0 aromatic heterocycles. The first-order valence-corrected chi connectivity index (χ1v) is 10.5. The SMILES string of the molecule is CC1(C)CN(CC(O)COc2ccc3cc(C4=CCOCC4)ccc3c2)CCO1. The maximum absolute atomic E-state index is 10.4. The van der Waals surface area contributed by atoms with E-state index >= 15 is 0 Å². The maximum Gasteiger partial charge on any atom is 0.120 e. The van der Waals surface area contributed by atoms with Crippen molar-refractivity contribution in [2.75, 3.05) is 46.1 Å². The number of aliphatic hydroxyl groups excluding tert-OH is 1. The summed E-state index contributed by atoms with van der Waals surface area (Å²) in [7, 11) is 0. The van der Waals surface area contributed by atoms with E-state index in [1.165, 1.54) is 16.5 Å². The standard InChI is InChI=1S/C24H31NO4/c1-24(2)17-25(9-12-29-24)15-22(26)16-28-23-6-5-20-13-19(3-4-21(20)14-23)18-7-10-27-11-8-18/h3-7,13-14,22,26H,8-12,15-17H2,1-2H3. The van der Waals surface area contributed by atoms with Crippen molar-refractivity contribution >= 4 is 16.3 Å². The number of rotatable bonds is 6. The molecule has 0 radical (unpaired) electrons. The summed E-state index contributed by atoms with van der Waals surface area (Å²) in [5.41, 5.74) is 2.46. The summed E-state index contributed by atoms with van der Waals surface area (Å²) in [6.45, 7) is 8.92. The molecule has 5 nitrogen and oxygen atoms in total. The van der Waals surface area contributed by atoms with Crippen LogP contribution in [0.3, 0.4) is 0 Å². The van der Waals surface area contributed by atoms with Crippen LogP contribution in [-0.4, -0.2) is 67.8 Å². The van der Waals surface area contributed by atoms with E-state index in [0.29, 0.717) is 19.8 Å². The zero-order chi connectivity index (χ0) is 20.3. The van der Waals surface area contributed by atoms with E-state index in [2.05, 4.69) is 49.1 Å². The van der Waals surface area contributed by atoms with Gasteiger partial charge in [-0.25, -0.2) is 0 Å². The molecule has 2 aliphatic rings. The van der Waals surface area contributed by atoms with Crippen LogP contribution in [-0.2, 0) is 9.47 Å². The van der Waals surface area contributed by atoms with Crippen LogP contribution in [0, 0.1) is 0 Å². The molecule has 0 spiro atoms. The van der Waals surface area contributed by atoms with Gasteiger partial charge in [0.1, 0.15) is 18.5 Å². The van der Waals surface area contributed by atoms with Crippen LogP contribution in [0.4, 0.5) is 0 Å². The maximum atomic E-state index is 10.4. The fourth-order valence-corrected chi connectivity index (χ4v) is 4.12. The monoisotopic (exact) mass is 397 g/mol. The van der Waals surface area contributed by atoms with E-state index in [1.54, 1.807) is 0 Å². The number of hydrogen-bond acceptors (Lipinski definition) is 5. The second-order valence-electron chi connectivity index (χ2n) is 8.59. The summed E-state index contributed by atoms with van der Waals surface area (Å²) >= 11 is 0. The van der Waals surface area contributed by atoms with Gasteiger partial charge in [0.25, 0.3) is 0 Å². The van der Waals surface area contributed by atoms with E-state index in [1.807, 2.05) is 12.1 Å². The van der Waals surface area contributed by atoms with Gasteiger partial charge in [-0.1, -0.05) is 24.3 Å². The lowest BCUT2D eigenvalue weighted by Gasteiger charge is -2.38. The molecule has 2 heterocycles. The lowest BCUT2D eigenvalue weighted by atomic mass is 9.98. The quantitative estimate of drug-likeness (QED) is 0.809. The first-order valence-electron chi connectivity index (χ1n) is 10.5. The molecular weight excluding hydrogens is 366 g/mol. The molecule has 1 saturated heterocycles. The molecule has 0 aliphatic carbocycles. The van der Waals surface area contributed by atoms with Crippen molar-refractivity contribution in [3.8, 4) is 5.75 Å². The minimum Gasteiger partial charge on any atom is -0.491 e. The summed E-state index contributed by atoms with van der Waals surface area (Å²) in [6, 6.07) is 12.6. The van der Waals surface area contributed by atoms with Crippen LogP contribution in [0.1, 0.15) is 25.8 Å². The van der Waals surface area contributed by atoms with Gasteiger partial charge in [0.05, 0.1) is 25.4 Å². The van der Waals surface area contributed by atoms with Gasteiger partial charge in [0, 0.05) is 19.6 Å². The molecule has 0 saturated carbocycles. The average Bonchev–Trinajstić information content (AvgIpc) is 2.71. The third-order valence-corrected chi connectivity index (χ3v) is 5.56. The Morgan fingerprint density at radius 3 is 2.76 bits per heavy atom. The third kappa shape index (κ3) is 5.37. The highest BCUT2D eigenvalue weighted by Gasteiger charge is 2.28. The predicted octanol–water partition coefficient (Wildman–Crippen LogP) is 3.49. The molecular formula is C24H31NO4. The Balaban J connectivity index is 1.35. The van der Waals surface area contributed by atoms with Crippen LogP contribution >= 0.6 is 0 Å². The van der Waals surface area contributed by atoms with Gasteiger partial charge in [-0.15, -0.1) is 0 Å². The molecule has 2 aliphatic heterocycles.